The van der Waals surface area contributed by atoms with Crippen molar-refractivity contribution < 1.29 is 18.1 Å². The molecule has 22 heavy (non-hydrogen) atoms. The Balaban J connectivity index is 1.56. The molecule has 0 atom stereocenters. The van der Waals surface area contributed by atoms with Crippen LogP contribution in [-0.2, 0) is 6.54 Å². The number of piperazine rings is 1. The van der Waals surface area contributed by atoms with Crippen LogP contribution in [0.2, 0.25) is 0 Å². The average molecular weight is 311 g/mol. The van der Waals surface area contributed by atoms with Gasteiger partial charge in [0.25, 0.3) is 5.91 Å². The van der Waals surface area contributed by atoms with Crippen molar-refractivity contribution in [2.75, 3.05) is 26.2 Å². The third-order valence-corrected chi connectivity index (χ3v) is 3.64. The standard InChI is InChI=1S/C13H15F2N5O2/c14-13(15)20-3-2-16-11(20)9-18-4-6-19(7-5-18)12(21)10-1-8-22-17-10/h1-3,8,13H,4-7,9H2. The molecule has 0 radical (unpaired) electrons. The molecule has 7 nitrogen and oxygen atoms in total. The molecular formula is C13H15F2N5O2. The highest BCUT2D eigenvalue weighted by atomic mass is 19.3. The number of carbonyl (C=O) groups is 1. The Labute approximate surface area is 125 Å². The van der Waals surface area contributed by atoms with Crippen LogP contribution in [0.15, 0.2) is 29.2 Å². The maximum atomic E-state index is 12.8. The number of rotatable bonds is 4. The molecule has 1 fully saturated rings. The molecule has 2 aromatic heterocycles. The van der Waals surface area contributed by atoms with E-state index in [0.717, 1.165) is 4.57 Å². The molecule has 0 aliphatic carbocycles. The number of hydrogen-bond donors (Lipinski definition) is 0. The van der Waals surface area contributed by atoms with Crippen LogP contribution < -0.4 is 0 Å². The molecule has 2 aromatic rings. The van der Waals surface area contributed by atoms with Gasteiger partial charge in [-0.2, -0.15) is 8.78 Å². The van der Waals surface area contributed by atoms with Crippen LogP contribution in [0.5, 0.6) is 0 Å². The summed E-state index contributed by atoms with van der Waals surface area (Å²) in [5.41, 5.74) is 0.279. The molecule has 0 aromatic carbocycles. The normalized spacial score (nSPS) is 16.4. The molecule has 0 bridgehead atoms. The van der Waals surface area contributed by atoms with E-state index in [1.165, 1.54) is 24.7 Å². The summed E-state index contributed by atoms with van der Waals surface area (Å²) in [4.78, 5) is 19.7. The summed E-state index contributed by atoms with van der Waals surface area (Å²) in [6.45, 7) is -0.0299. The number of alkyl halides is 2. The molecule has 1 amide bonds. The number of aromatic nitrogens is 3. The summed E-state index contributed by atoms with van der Waals surface area (Å²) in [5.74, 6) is 0.147. The van der Waals surface area contributed by atoms with Gasteiger partial charge in [0.2, 0.25) is 0 Å². The predicted molar refractivity (Wildman–Crippen MR) is 71.2 cm³/mol. The van der Waals surface area contributed by atoms with Crippen LogP contribution in [0.3, 0.4) is 0 Å². The third kappa shape index (κ3) is 2.98. The molecule has 9 heteroatoms. The first kappa shape index (κ1) is 14.6. The van der Waals surface area contributed by atoms with Crippen molar-refractivity contribution in [2.24, 2.45) is 0 Å². The Morgan fingerprint density at radius 1 is 1.32 bits per heavy atom. The van der Waals surface area contributed by atoms with E-state index in [1.54, 1.807) is 4.90 Å². The zero-order valence-electron chi connectivity index (χ0n) is 11.7. The van der Waals surface area contributed by atoms with Gasteiger partial charge in [-0.25, -0.2) is 4.98 Å². The van der Waals surface area contributed by atoms with E-state index >= 15 is 0 Å². The van der Waals surface area contributed by atoms with E-state index in [2.05, 4.69) is 14.7 Å². The van der Waals surface area contributed by atoms with Gasteiger partial charge >= 0.3 is 6.55 Å². The molecule has 0 spiro atoms. The number of amides is 1. The lowest BCUT2D eigenvalue weighted by atomic mass is 10.2. The van der Waals surface area contributed by atoms with Gasteiger partial charge in [0.05, 0.1) is 6.54 Å². The quantitative estimate of drug-likeness (QED) is 0.849. The highest BCUT2D eigenvalue weighted by molar-refractivity contribution is 5.92. The summed E-state index contributed by atoms with van der Waals surface area (Å²) < 4.78 is 31.1. The summed E-state index contributed by atoms with van der Waals surface area (Å²) in [6.07, 6.45) is 3.99. The highest BCUT2D eigenvalue weighted by Crippen LogP contribution is 2.15. The van der Waals surface area contributed by atoms with Crippen molar-refractivity contribution in [3.05, 3.63) is 36.2 Å². The zero-order valence-corrected chi connectivity index (χ0v) is 11.7. The molecule has 3 rings (SSSR count). The van der Waals surface area contributed by atoms with E-state index in [1.807, 2.05) is 4.90 Å². The maximum Gasteiger partial charge on any atom is 0.319 e. The van der Waals surface area contributed by atoms with E-state index in [4.69, 9.17) is 0 Å². The van der Waals surface area contributed by atoms with Gasteiger partial charge in [0.15, 0.2) is 5.69 Å². The van der Waals surface area contributed by atoms with Gasteiger partial charge in [-0.05, 0) is 0 Å². The van der Waals surface area contributed by atoms with Crippen molar-refractivity contribution in [1.82, 2.24) is 24.5 Å². The highest BCUT2D eigenvalue weighted by Gasteiger charge is 2.24. The number of imidazole rings is 1. The smallest absolute Gasteiger partial charge is 0.319 e. The van der Waals surface area contributed by atoms with Crippen molar-refractivity contribution in [1.29, 1.82) is 0 Å². The lowest BCUT2D eigenvalue weighted by Crippen LogP contribution is -2.48. The topological polar surface area (TPSA) is 67.4 Å². The van der Waals surface area contributed by atoms with E-state index < -0.39 is 6.55 Å². The van der Waals surface area contributed by atoms with Crippen molar-refractivity contribution in [3.8, 4) is 0 Å². The van der Waals surface area contributed by atoms with E-state index in [-0.39, 0.29) is 11.6 Å². The molecule has 1 aliphatic heterocycles. The number of carbonyl (C=O) groups excluding carboxylic acids is 1. The van der Waals surface area contributed by atoms with Crippen LogP contribution in [-0.4, -0.2) is 56.6 Å². The summed E-state index contributed by atoms with van der Waals surface area (Å²) in [6, 6.07) is 1.52. The Bertz CT molecular complexity index is 620. The van der Waals surface area contributed by atoms with Crippen LogP contribution in [0.25, 0.3) is 0 Å². The minimum absolute atomic E-state index is 0.178. The first-order chi connectivity index (χ1) is 10.6. The van der Waals surface area contributed by atoms with Crippen LogP contribution in [0.1, 0.15) is 22.9 Å². The second-order valence-electron chi connectivity index (χ2n) is 4.98. The molecule has 0 unspecified atom stereocenters. The monoisotopic (exact) mass is 311 g/mol. The lowest BCUT2D eigenvalue weighted by Gasteiger charge is -2.34. The fraction of sp³-hybridized carbons (Fsp3) is 0.462. The average Bonchev–Trinajstić information content (AvgIpc) is 3.18. The summed E-state index contributed by atoms with van der Waals surface area (Å²) in [5, 5.41) is 3.63. The largest absolute Gasteiger partial charge is 0.364 e. The first-order valence-electron chi connectivity index (χ1n) is 6.87. The lowest BCUT2D eigenvalue weighted by molar-refractivity contribution is 0.0550. The third-order valence-electron chi connectivity index (χ3n) is 3.64. The number of hydrogen-bond acceptors (Lipinski definition) is 5. The molecule has 118 valence electrons. The molecule has 1 aliphatic rings. The van der Waals surface area contributed by atoms with Crippen LogP contribution in [0, 0.1) is 0 Å². The van der Waals surface area contributed by atoms with E-state index in [9.17, 15) is 13.6 Å². The Hall–Kier alpha value is -2.29. The van der Waals surface area contributed by atoms with Gasteiger partial charge in [-0.3, -0.25) is 14.3 Å². The number of nitrogens with zero attached hydrogens (tertiary/aromatic N) is 5. The molecule has 0 N–H and O–H groups in total. The number of halogens is 2. The van der Waals surface area contributed by atoms with Crippen molar-refractivity contribution in [3.63, 3.8) is 0 Å². The van der Waals surface area contributed by atoms with Gasteiger partial charge < -0.3 is 9.42 Å². The Kier molecular flexibility index (Phi) is 4.14. The predicted octanol–water partition coefficient (Wildman–Crippen LogP) is 1.22. The van der Waals surface area contributed by atoms with Gasteiger partial charge in [-0.15, -0.1) is 0 Å². The molecule has 0 saturated carbocycles. The zero-order chi connectivity index (χ0) is 15.5. The summed E-state index contributed by atoms with van der Waals surface area (Å²) in [7, 11) is 0. The van der Waals surface area contributed by atoms with Gasteiger partial charge in [0.1, 0.15) is 12.1 Å². The van der Waals surface area contributed by atoms with Gasteiger partial charge in [-0.1, -0.05) is 5.16 Å². The fourth-order valence-corrected chi connectivity index (χ4v) is 2.44. The fourth-order valence-electron chi connectivity index (χ4n) is 2.44. The molecule has 1 saturated heterocycles. The Morgan fingerprint density at radius 3 is 2.73 bits per heavy atom. The van der Waals surface area contributed by atoms with Crippen LogP contribution >= 0.6 is 0 Å². The van der Waals surface area contributed by atoms with Gasteiger partial charge in [0, 0.05) is 44.6 Å². The minimum atomic E-state index is -2.59. The molecular weight excluding hydrogens is 296 g/mol. The van der Waals surface area contributed by atoms with Crippen molar-refractivity contribution in [2.45, 2.75) is 13.1 Å². The first-order valence-corrected chi connectivity index (χ1v) is 6.87. The maximum absolute atomic E-state index is 12.8. The van der Waals surface area contributed by atoms with E-state index in [0.29, 0.717) is 38.5 Å². The Morgan fingerprint density at radius 2 is 2.09 bits per heavy atom. The second kappa shape index (κ2) is 6.22. The summed E-state index contributed by atoms with van der Waals surface area (Å²) >= 11 is 0. The van der Waals surface area contributed by atoms with Crippen molar-refractivity contribution >= 4 is 5.91 Å². The second-order valence-corrected chi connectivity index (χ2v) is 4.98. The van der Waals surface area contributed by atoms with Crippen LogP contribution in [0.4, 0.5) is 8.78 Å². The molecule has 3 heterocycles. The minimum Gasteiger partial charge on any atom is -0.364 e. The SMILES string of the molecule is O=C(c1ccon1)N1CCN(Cc2nccn2C(F)F)CC1.